The van der Waals surface area contributed by atoms with Crippen LogP contribution in [0.2, 0.25) is 0 Å². The van der Waals surface area contributed by atoms with Crippen LogP contribution in [0.25, 0.3) is 0 Å². The quantitative estimate of drug-likeness (QED) is 0.829. The van der Waals surface area contributed by atoms with Crippen molar-refractivity contribution in [3.8, 4) is 0 Å². The Kier molecular flexibility index (Phi) is 6.07. The molecule has 1 aliphatic carbocycles. The molecule has 4 atom stereocenters. The lowest BCUT2D eigenvalue weighted by atomic mass is 9.87. The molecule has 0 radical (unpaired) electrons. The Labute approximate surface area is 148 Å². The van der Waals surface area contributed by atoms with E-state index < -0.39 is 6.04 Å². The van der Waals surface area contributed by atoms with Crippen LogP contribution in [0.5, 0.6) is 0 Å². The Bertz CT molecular complexity index is 573. The summed E-state index contributed by atoms with van der Waals surface area (Å²) in [5.74, 6) is 0.141. The van der Waals surface area contributed by atoms with Crippen molar-refractivity contribution >= 4 is 5.97 Å². The lowest BCUT2D eigenvalue weighted by Crippen LogP contribution is -2.39. The highest BCUT2D eigenvalue weighted by Gasteiger charge is 2.34. The van der Waals surface area contributed by atoms with Crippen LogP contribution in [0.1, 0.15) is 44.6 Å². The maximum absolute atomic E-state index is 13.2. The summed E-state index contributed by atoms with van der Waals surface area (Å²) in [4.78, 5) is 12.1. The van der Waals surface area contributed by atoms with E-state index in [1.807, 2.05) is 6.92 Å². The second-order valence-electron chi connectivity index (χ2n) is 7.49. The highest BCUT2D eigenvalue weighted by atomic mass is 19.1. The molecule has 1 aliphatic heterocycles. The van der Waals surface area contributed by atoms with Gasteiger partial charge in [-0.25, -0.2) is 4.39 Å². The molecule has 0 bridgehead atoms. The van der Waals surface area contributed by atoms with Gasteiger partial charge in [0.25, 0.3) is 0 Å². The molecule has 2 fully saturated rings. The van der Waals surface area contributed by atoms with E-state index in [4.69, 9.17) is 15.2 Å². The first-order valence-electron chi connectivity index (χ1n) is 9.35. The van der Waals surface area contributed by atoms with Crippen molar-refractivity contribution in [2.75, 3.05) is 6.61 Å². The van der Waals surface area contributed by atoms with E-state index in [2.05, 4.69) is 0 Å². The van der Waals surface area contributed by atoms with Crippen molar-refractivity contribution in [1.82, 2.24) is 0 Å². The molecule has 1 aromatic rings. The highest BCUT2D eigenvalue weighted by Crippen LogP contribution is 2.32. The molecular formula is C20H28FNO3. The molecule has 0 spiro atoms. The summed E-state index contributed by atoms with van der Waals surface area (Å²) in [6, 6.07) is 5.96. The summed E-state index contributed by atoms with van der Waals surface area (Å²) in [5, 5.41) is 0. The molecular weight excluding hydrogens is 321 g/mol. The molecule has 1 heterocycles. The molecule has 2 N–H and O–H groups in total. The number of carbonyl (C=O) groups is 1. The molecule has 3 rings (SSSR count). The van der Waals surface area contributed by atoms with Gasteiger partial charge in [0.2, 0.25) is 0 Å². The number of nitrogens with two attached hydrogens (primary N) is 1. The first-order valence-corrected chi connectivity index (χ1v) is 9.35. The number of rotatable bonds is 5. The summed E-state index contributed by atoms with van der Waals surface area (Å²) in [5.41, 5.74) is 6.94. The van der Waals surface area contributed by atoms with Gasteiger partial charge in [0.05, 0.1) is 6.10 Å². The molecule has 138 valence electrons. The first kappa shape index (κ1) is 18.3. The third-order valence-electron chi connectivity index (χ3n) is 5.32. The average Bonchev–Trinajstić information content (AvgIpc) is 3.40. The van der Waals surface area contributed by atoms with E-state index in [9.17, 15) is 9.18 Å². The van der Waals surface area contributed by atoms with Gasteiger partial charge in [-0.1, -0.05) is 12.1 Å². The minimum Gasteiger partial charge on any atom is -0.461 e. The number of ether oxygens (including phenoxy) is 2. The summed E-state index contributed by atoms with van der Waals surface area (Å²) >= 11 is 0. The van der Waals surface area contributed by atoms with Gasteiger partial charge in [0.1, 0.15) is 18.0 Å². The molecule has 0 unspecified atom stereocenters. The number of halogens is 1. The largest absolute Gasteiger partial charge is 0.461 e. The maximum Gasteiger partial charge on any atom is 0.323 e. The summed E-state index contributed by atoms with van der Waals surface area (Å²) < 4.78 is 25.1. The molecule has 0 aromatic heterocycles. The number of carbonyl (C=O) groups excluding carboxylic acids is 1. The third kappa shape index (κ3) is 5.25. The zero-order chi connectivity index (χ0) is 17.8. The lowest BCUT2D eigenvalue weighted by Gasteiger charge is -2.31. The second kappa shape index (κ2) is 8.28. The fraction of sp³-hybridized carbons (Fsp3) is 0.650. The van der Waals surface area contributed by atoms with Crippen LogP contribution in [0.3, 0.4) is 0 Å². The van der Waals surface area contributed by atoms with E-state index in [0.717, 1.165) is 25.0 Å². The number of esters is 1. The summed E-state index contributed by atoms with van der Waals surface area (Å²) in [7, 11) is 0. The van der Waals surface area contributed by atoms with E-state index in [-0.39, 0.29) is 29.9 Å². The van der Waals surface area contributed by atoms with Crippen molar-refractivity contribution in [3.63, 3.8) is 0 Å². The summed E-state index contributed by atoms with van der Waals surface area (Å²) in [6.07, 6.45) is 5.25. The van der Waals surface area contributed by atoms with Crippen LogP contribution < -0.4 is 5.73 Å². The Hall–Kier alpha value is -1.46. The van der Waals surface area contributed by atoms with Crippen LogP contribution in [-0.4, -0.2) is 30.8 Å². The van der Waals surface area contributed by atoms with Crippen molar-refractivity contribution in [1.29, 1.82) is 0 Å². The van der Waals surface area contributed by atoms with Gasteiger partial charge in [-0.3, -0.25) is 4.79 Å². The Morgan fingerprint density at radius 2 is 1.92 bits per heavy atom. The lowest BCUT2D eigenvalue weighted by molar-refractivity contribution is -0.155. The average molecular weight is 349 g/mol. The van der Waals surface area contributed by atoms with Crippen molar-refractivity contribution in [3.05, 3.63) is 35.6 Å². The third-order valence-corrected chi connectivity index (χ3v) is 5.32. The van der Waals surface area contributed by atoms with Gasteiger partial charge in [-0.05, 0) is 69.1 Å². The van der Waals surface area contributed by atoms with E-state index >= 15 is 0 Å². The van der Waals surface area contributed by atoms with Gasteiger partial charge in [-0.2, -0.15) is 0 Å². The first-order chi connectivity index (χ1) is 12.0. The van der Waals surface area contributed by atoms with Crippen LogP contribution in [0.15, 0.2) is 24.3 Å². The smallest absolute Gasteiger partial charge is 0.323 e. The topological polar surface area (TPSA) is 61.5 Å². The molecule has 25 heavy (non-hydrogen) atoms. The molecule has 0 amide bonds. The Balaban J connectivity index is 1.76. The molecule has 4 nitrogen and oxygen atoms in total. The van der Waals surface area contributed by atoms with E-state index in [0.29, 0.717) is 18.8 Å². The van der Waals surface area contributed by atoms with Gasteiger partial charge >= 0.3 is 5.97 Å². The van der Waals surface area contributed by atoms with Gasteiger partial charge < -0.3 is 15.2 Å². The second-order valence-corrected chi connectivity index (χ2v) is 7.49. The van der Waals surface area contributed by atoms with Crippen LogP contribution >= 0.6 is 0 Å². The van der Waals surface area contributed by atoms with Crippen molar-refractivity contribution in [2.45, 2.75) is 63.7 Å². The van der Waals surface area contributed by atoms with Crippen LogP contribution in [0, 0.1) is 17.7 Å². The molecule has 5 heteroatoms. The number of hydrogen-bond donors (Lipinski definition) is 1. The Morgan fingerprint density at radius 3 is 2.60 bits per heavy atom. The minimum absolute atomic E-state index is 0.0266. The minimum atomic E-state index is -0.559. The SMILES string of the molecule is C[C@@H]1OC(=O)[C@@H](N)CCC[C@H](OCC2CC2)[C@H]1Cc1ccc(F)cc1. The normalized spacial score (nSPS) is 30.9. The zero-order valence-electron chi connectivity index (χ0n) is 14.8. The fourth-order valence-corrected chi connectivity index (χ4v) is 3.47. The van der Waals surface area contributed by atoms with Crippen molar-refractivity contribution in [2.24, 2.45) is 17.6 Å². The molecule has 2 aliphatic rings. The number of hydrogen-bond acceptors (Lipinski definition) is 4. The predicted octanol–water partition coefficient (Wildman–Crippen LogP) is 3.22. The van der Waals surface area contributed by atoms with E-state index in [1.54, 1.807) is 12.1 Å². The predicted molar refractivity (Wildman–Crippen MR) is 93.4 cm³/mol. The van der Waals surface area contributed by atoms with Gasteiger partial charge in [-0.15, -0.1) is 0 Å². The summed E-state index contributed by atoms with van der Waals surface area (Å²) in [6.45, 7) is 2.69. The standard InChI is InChI=1S/C20H28FNO3/c1-13-17(11-14-7-9-16(21)10-8-14)19(24-12-15-5-6-15)4-2-3-18(22)20(23)25-13/h7-10,13,15,17-19H,2-6,11-12,22H2,1H3/t13-,17-,18-,19-/m0/s1. The molecule has 1 saturated carbocycles. The van der Waals surface area contributed by atoms with Crippen molar-refractivity contribution < 1.29 is 18.7 Å². The van der Waals surface area contributed by atoms with Crippen LogP contribution in [0.4, 0.5) is 4.39 Å². The number of benzene rings is 1. The fourth-order valence-electron chi connectivity index (χ4n) is 3.47. The highest BCUT2D eigenvalue weighted by molar-refractivity contribution is 5.75. The monoisotopic (exact) mass is 349 g/mol. The van der Waals surface area contributed by atoms with Gasteiger partial charge in [0, 0.05) is 12.5 Å². The maximum atomic E-state index is 13.2. The zero-order valence-corrected chi connectivity index (χ0v) is 14.8. The molecule has 1 aromatic carbocycles. The Morgan fingerprint density at radius 1 is 1.20 bits per heavy atom. The number of cyclic esters (lactones) is 1. The van der Waals surface area contributed by atoms with Gasteiger partial charge in [0.15, 0.2) is 0 Å². The van der Waals surface area contributed by atoms with Crippen LogP contribution in [-0.2, 0) is 20.7 Å². The van der Waals surface area contributed by atoms with E-state index in [1.165, 1.54) is 25.0 Å². The molecule has 1 saturated heterocycles.